The summed E-state index contributed by atoms with van der Waals surface area (Å²) >= 11 is 0. The molecule has 186 valence electrons. The fourth-order valence-corrected chi connectivity index (χ4v) is 5.19. The number of hydrogen-bond donors (Lipinski definition) is 0. The van der Waals surface area contributed by atoms with Gasteiger partial charge in [-0.25, -0.2) is 0 Å². The van der Waals surface area contributed by atoms with Gasteiger partial charge >= 0.3 is 0 Å². The van der Waals surface area contributed by atoms with Crippen LogP contribution in [0.15, 0.2) is 64.7 Å². The fraction of sp³-hybridized carbons (Fsp3) is 0.483. The molecule has 35 heavy (non-hydrogen) atoms. The van der Waals surface area contributed by atoms with Crippen LogP contribution in [0, 0.1) is 23.7 Å². The van der Waals surface area contributed by atoms with Gasteiger partial charge in [-0.15, -0.1) is 10.2 Å². The quantitative estimate of drug-likeness (QED) is 0.351. The van der Waals surface area contributed by atoms with Crippen molar-refractivity contribution in [3.63, 3.8) is 0 Å². The maximum Gasteiger partial charge on any atom is 0.247 e. The summed E-state index contributed by atoms with van der Waals surface area (Å²) < 4.78 is 11.3. The maximum atomic E-state index is 6.05. The second-order valence-electron chi connectivity index (χ2n) is 10.2. The van der Waals surface area contributed by atoms with Gasteiger partial charge in [0, 0.05) is 43.4 Å². The van der Waals surface area contributed by atoms with Crippen LogP contribution in [0.4, 0.5) is 0 Å². The molecule has 1 aliphatic carbocycles. The second-order valence-corrected chi connectivity index (χ2v) is 10.2. The molecule has 6 nitrogen and oxygen atoms in total. The molecule has 0 N–H and O–H groups in total. The van der Waals surface area contributed by atoms with E-state index >= 15 is 0 Å². The van der Waals surface area contributed by atoms with Gasteiger partial charge in [0.1, 0.15) is 5.75 Å². The van der Waals surface area contributed by atoms with Crippen molar-refractivity contribution in [2.45, 2.75) is 40.0 Å². The monoisotopic (exact) mass is 474 g/mol. The molecular formula is C29H38N4O2. The smallest absolute Gasteiger partial charge is 0.247 e. The molecule has 3 atom stereocenters. The molecule has 6 heteroatoms. The zero-order valence-electron chi connectivity index (χ0n) is 21.6. The summed E-state index contributed by atoms with van der Waals surface area (Å²) in [5.74, 6) is 4.32. The number of pyridine rings is 1. The Morgan fingerprint density at radius 2 is 1.91 bits per heavy atom. The lowest BCUT2D eigenvalue weighted by Gasteiger charge is -2.38. The van der Waals surface area contributed by atoms with Crippen LogP contribution in [-0.4, -0.2) is 47.3 Å². The minimum absolute atomic E-state index is 0.432. The maximum absolute atomic E-state index is 6.05. The molecule has 0 unspecified atom stereocenters. The number of aromatic nitrogens is 3. The summed E-state index contributed by atoms with van der Waals surface area (Å²) in [4.78, 5) is 6.92. The van der Waals surface area contributed by atoms with Gasteiger partial charge in [-0.3, -0.25) is 4.98 Å². The van der Waals surface area contributed by atoms with Crippen LogP contribution in [0.5, 0.6) is 5.75 Å². The highest BCUT2D eigenvalue weighted by Gasteiger charge is 2.33. The lowest BCUT2D eigenvalue weighted by atomic mass is 9.69. The molecule has 0 saturated carbocycles. The van der Waals surface area contributed by atoms with E-state index in [2.05, 4.69) is 66.1 Å². The summed E-state index contributed by atoms with van der Waals surface area (Å²) in [6.45, 7) is 9.06. The summed E-state index contributed by atoms with van der Waals surface area (Å²) in [6, 6.07) is 13.9. The number of likely N-dealkylation sites (N-methyl/N-ethyl adjacent to an activating group) is 1. The summed E-state index contributed by atoms with van der Waals surface area (Å²) in [5.41, 5.74) is 3.51. The zero-order chi connectivity index (χ0) is 24.8. The van der Waals surface area contributed by atoms with Crippen LogP contribution in [-0.2, 0) is 12.8 Å². The van der Waals surface area contributed by atoms with E-state index in [1.165, 1.54) is 5.57 Å². The first kappa shape index (κ1) is 25.1. The van der Waals surface area contributed by atoms with Crippen molar-refractivity contribution < 1.29 is 9.15 Å². The van der Waals surface area contributed by atoms with E-state index in [9.17, 15) is 0 Å². The molecule has 0 fully saturated rings. The number of methoxy groups -OCH3 is 1. The predicted octanol–water partition coefficient (Wildman–Crippen LogP) is 5.71. The van der Waals surface area contributed by atoms with Gasteiger partial charge in [0.05, 0.1) is 7.11 Å². The van der Waals surface area contributed by atoms with E-state index in [1.807, 2.05) is 36.5 Å². The van der Waals surface area contributed by atoms with Crippen LogP contribution in [0.2, 0.25) is 0 Å². The largest absolute Gasteiger partial charge is 0.497 e. The Balaban J connectivity index is 1.39. The highest BCUT2D eigenvalue weighted by molar-refractivity contribution is 5.53. The molecule has 4 rings (SSSR count). The minimum atomic E-state index is 0.432. The van der Waals surface area contributed by atoms with Crippen molar-refractivity contribution in [1.82, 2.24) is 20.1 Å². The average Bonchev–Trinajstić information content (AvgIpc) is 3.33. The van der Waals surface area contributed by atoms with E-state index in [0.29, 0.717) is 35.5 Å². The van der Waals surface area contributed by atoms with Gasteiger partial charge in [0.15, 0.2) is 0 Å². The van der Waals surface area contributed by atoms with E-state index < -0.39 is 0 Å². The zero-order valence-corrected chi connectivity index (χ0v) is 21.6. The van der Waals surface area contributed by atoms with Crippen molar-refractivity contribution >= 4 is 0 Å². The number of nitrogens with zero attached hydrogens (tertiary/aromatic N) is 4. The lowest BCUT2D eigenvalue weighted by Crippen LogP contribution is -2.36. The molecule has 0 amide bonds. The number of hydrogen-bond acceptors (Lipinski definition) is 6. The van der Waals surface area contributed by atoms with Crippen LogP contribution in [0.25, 0.3) is 11.5 Å². The first-order valence-corrected chi connectivity index (χ1v) is 12.7. The average molecular weight is 475 g/mol. The Labute approximate surface area is 209 Å². The Kier molecular flexibility index (Phi) is 8.34. The first-order chi connectivity index (χ1) is 16.9. The van der Waals surface area contributed by atoms with Gasteiger partial charge in [0.2, 0.25) is 11.8 Å². The van der Waals surface area contributed by atoms with Crippen molar-refractivity contribution in [3.05, 3.63) is 71.9 Å². The van der Waals surface area contributed by atoms with Crippen LogP contribution >= 0.6 is 0 Å². The van der Waals surface area contributed by atoms with Gasteiger partial charge in [-0.05, 0) is 80.5 Å². The predicted molar refractivity (Wildman–Crippen MR) is 139 cm³/mol. The van der Waals surface area contributed by atoms with E-state index in [-0.39, 0.29) is 0 Å². The minimum Gasteiger partial charge on any atom is -0.497 e. The summed E-state index contributed by atoms with van der Waals surface area (Å²) in [7, 11) is 3.89. The van der Waals surface area contributed by atoms with Crippen LogP contribution in [0.3, 0.4) is 0 Å². The highest BCUT2D eigenvalue weighted by Crippen LogP contribution is 2.39. The van der Waals surface area contributed by atoms with Crippen molar-refractivity contribution in [2.75, 3.05) is 27.2 Å². The molecular weight excluding hydrogens is 436 g/mol. The van der Waals surface area contributed by atoms with Gasteiger partial charge in [0.25, 0.3) is 0 Å². The lowest BCUT2D eigenvalue weighted by molar-refractivity contribution is 0.176. The van der Waals surface area contributed by atoms with E-state index in [4.69, 9.17) is 9.15 Å². The second kappa shape index (κ2) is 11.6. The molecule has 1 aromatic carbocycles. The highest BCUT2D eigenvalue weighted by atomic mass is 16.5. The van der Waals surface area contributed by atoms with Crippen molar-refractivity contribution in [1.29, 1.82) is 0 Å². The Morgan fingerprint density at radius 3 is 2.60 bits per heavy atom. The van der Waals surface area contributed by atoms with Gasteiger partial charge in [-0.2, -0.15) is 0 Å². The van der Waals surface area contributed by atoms with Crippen LogP contribution in [0.1, 0.15) is 38.8 Å². The molecule has 0 aliphatic heterocycles. The van der Waals surface area contributed by atoms with E-state index in [1.54, 1.807) is 7.11 Å². The molecule has 0 saturated heterocycles. The fourth-order valence-electron chi connectivity index (χ4n) is 5.19. The Morgan fingerprint density at radius 1 is 1.11 bits per heavy atom. The number of benzene rings is 1. The number of rotatable bonds is 10. The summed E-state index contributed by atoms with van der Waals surface area (Å²) in [6.07, 6.45) is 7.31. The normalized spacial score (nSPS) is 20.3. The third kappa shape index (κ3) is 6.57. The standard InChI is InChI=1S/C29H38N4O2/c1-20(2)27-17-23(18-28-31-32-29(35-28)22-9-11-26(34-5)12-10-22)21(3)16-24(27)19-33(4)15-13-25-8-6-7-14-30-25/h6-12,14,16,20,23-24,27H,13,15,17-19H2,1-5H3/t23-,24-,27-/m0/s1. The van der Waals surface area contributed by atoms with E-state index in [0.717, 1.165) is 49.4 Å². The molecule has 0 radical (unpaired) electrons. The Hall–Kier alpha value is -2.99. The van der Waals surface area contributed by atoms with Crippen molar-refractivity contribution in [3.8, 4) is 17.2 Å². The molecule has 2 heterocycles. The Bertz CT molecular complexity index is 1090. The van der Waals surface area contributed by atoms with Gasteiger partial charge < -0.3 is 14.1 Å². The number of allylic oxidation sites excluding steroid dienone is 1. The number of ether oxygens (including phenoxy) is 1. The van der Waals surface area contributed by atoms with Gasteiger partial charge in [-0.1, -0.05) is 31.6 Å². The van der Waals surface area contributed by atoms with Crippen LogP contribution < -0.4 is 4.74 Å². The van der Waals surface area contributed by atoms with Crippen molar-refractivity contribution in [2.24, 2.45) is 23.7 Å². The molecule has 0 spiro atoms. The molecule has 2 aromatic heterocycles. The third-order valence-electron chi connectivity index (χ3n) is 7.31. The molecule has 1 aliphatic rings. The molecule has 0 bridgehead atoms. The molecule has 3 aromatic rings. The summed E-state index contributed by atoms with van der Waals surface area (Å²) in [5, 5.41) is 8.66. The topological polar surface area (TPSA) is 64.3 Å². The first-order valence-electron chi connectivity index (χ1n) is 12.7. The third-order valence-corrected chi connectivity index (χ3v) is 7.31. The SMILES string of the molecule is COc1ccc(-c2nnc(C[C@@H]3C[C@@H](C(C)C)[C@H](CN(C)CCc4ccccn4)C=C3C)o2)cc1.